The smallest absolute Gasteiger partial charge is 0.408 e. The molecule has 0 radical (unpaired) electrons. The number of aliphatic carboxylic acids is 1. The minimum Gasteiger partial charge on any atom is -0.481 e. The van der Waals surface area contributed by atoms with Gasteiger partial charge in [-0.25, -0.2) is 34.6 Å². The molecule has 0 spiro atoms. The number of nitrogens with zero attached hydrogens (tertiary/aromatic N) is 2. The van der Waals surface area contributed by atoms with Crippen molar-refractivity contribution in [2.24, 2.45) is 0 Å². The maximum atomic E-state index is 13.0. The third-order valence-electron chi connectivity index (χ3n) is 8.97. The van der Waals surface area contributed by atoms with Gasteiger partial charge in [-0.2, -0.15) is 0 Å². The van der Waals surface area contributed by atoms with Crippen molar-refractivity contribution in [2.75, 3.05) is 53.7 Å². The number of carbonyl (C=O) groups excluding carboxylic acids is 10. The molecule has 0 aliphatic carbocycles. The molecule has 432 valence electrons. The van der Waals surface area contributed by atoms with E-state index < -0.39 is 113 Å². The first-order valence-corrected chi connectivity index (χ1v) is 25.6. The minimum atomic E-state index is -3.60. The standard InChI is InChI=1S/C20H29N3O8.C13H23O7P.C8H15N3O3.C6H9ClO3/c1-19(2,3)30-17(28)15-11(13(24)7-8-14(25)26)9-22-10-12(16(27)23(15)22)21-18(29)31-20(4,5)6;1-5-9-20-13(15)8-7-11(14)12(10-19-6-2)21(16,17-3)18-4;1-8(2,3)14-7(13)10-5-4-9-11-6(5)12;1-6(2,3)10-5(9)4(7)8/h12H,7-10H2,1-6H3,(H,21,29)(H,25,26);5,12H,1,6-10H2,2-4H3;5,9H,4H2,1-3H3,(H,10,13)(H,11,12);1-3H3/t12-;;5-;/m0.0./s1. The van der Waals surface area contributed by atoms with Gasteiger partial charge in [0, 0.05) is 58.9 Å². The number of hydrogen-bond donors (Lipinski definition) is 5. The van der Waals surface area contributed by atoms with E-state index in [9.17, 15) is 57.3 Å². The summed E-state index contributed by atoms with van der Waals surface area (Å²) in [5.74, 6) is -5.40. The second kappa shape index (κ2) is 31.4. The quantitative estimate of drug-likeness (QED) is 0.0291. The molecular formula is C47H76ClN6O21P. The summed E-state index contributed by atoms with van der Waals surface area (Å²) in [7, 11) is -1.19. The van der Waals surface area contributed by atoms with Gasteiger partial charge in [0.05, 0.1) is 19.4 Å². The van der Waals surface area contributed by atoms with Crippen LogP contribution in [0, 0.1) is 0 Å². The highest BCUT2D eigenvalue weighted by Crippen LogP contribution is 2.52. The Hall–Kier alpha value is -5.83. The number of ketones is 2. The third-order valence-corrected chi connectivity index (χ3v) is 11.3. The van der Waals surface area contributed by atoms with Gasteiger partial charge in [-0.1, -0.05) is 12.7 Å². The summed E-state index contributed by atoms with van der Waals surface area (Å²) in [6.07, 6.45) is -0.878. The fourth-order valence-corrected chi connectivity index (χ4v) is 7.42. The SMILES string of the molecule is C=CCOC(=O)CCC(=O)C(COCC)P(=O)(OC)OC.CC(C)(C)OC(=O)C(=O)Cl.CC(C)(C)OC(=O)N[C@H]1CN2CC(C(=O)CCC(=O)O)=C(C(=O)OC(C)(C)C)N2C1=O.CC(C)(C)OC(=O)N[C@H]1CNNC1=O. The molecule has 76 heavy (non-hydrogen) atoms. The van der Waals surface area contributed by atoms with E-state index in [0.717, 1.165) is 5.01 Å². The highest BCUT2D eigenvalue weighted by Gasteiger charge is 2.50. The lowest BCUT2D eigenvalue weighted by atomic mass is 10.0. The van der Waals surface area contributed by atoms with Crippen molar-refractivity contribution in [2.45, 2.75) is 156 Å². The van der Waals surface area contributed by atoms with Gasteiger partial charge in [0.15, 0.2) is 17.3 Å². The fraction of sp³-hybridized carbons (Fsp3) is 0.681. The highest BCUT2D eigenvalue weighted by atomic mass is 35.5. The zero-order valence-corrected chi connectivity index (χ0v) is 47.6. The number of carboxylic acid groups (broad SMARTS) is 1. The van der Waals surface area contributed by atoms with Gasteiger partial charge in [-0.05, 0) is 102 Å². The Labute approximate surface area is 447 Å². The van der Waals surface area contributed by atoms with Crippen LogP contribution in [0.5, 0.6) is 0 Å². The van der Waals surface area contributed by atoms with Crippen molar-refractivity contribution in [3.8, 4) is 0 Å². The molecule has 3 aliphatic rings. The van der Waals surface area contributed by atoms with Gasteiger partial charge in [-0.15, -0.1) is 0 Å². The zero-order chi connectivity index (χ0) is 59.2. The van der Waals surface area contributed by atoms with Gasteiger partial charge in [-0.3, -0.25) is 43.6 Å². The lowest BCUT2D eigenvalue weighted by Gasteiger charge is -2.24. The molecule has 2 saturated heterocycles. The number of amides is 4. The average molecular weight is 1130 g/mol. The van der Waals surface area contributed by atoms with E-state index in [-0.39, 0.29) is 62.7 Å². The largest absolute Gasteiger partial charge is 0.481 e. The van der Waals surface area contributed by atoms with Crippen LogP contribution in [0.3, 0.4) is 0 Å². The van der Waals surface area contributed by atoms with Crippen LogP contribution in [0.15, 0.2) is 23.9 Å². The number of halogens is 1. The van der Waals surface area contributed by atoms with E-state index >= 15 is 0 Å². The Morgan fingerprint density at radius 3 is 1.71 bits per heavy atom. The number of Topliss-reactive ketones (excluding diaryl/α,β-unsaturated/α-hetero) is 2. The number of rotatable bonds is 20. The van der Waals surface area contributed by atoms with E-state index in [0.29, 0.717) is 13.2 Å². The van der Waals surface area contributed by atoms with Crippen molar-refractivity contribution < 1.29 is 99.9 Å². The summed E-state index contributed by atoms with van der Waals surface area (Å²) in [6.45, 7) is 26.1. The van der Waals surface area contributed by atoms with Crippen molar-refractivity contribution >= 4 is 83.9 Å². The Morgan fingerprint density at radius 2 is 1.30 bits per heavy atom. The molecule has 0 aromatic heterocycles. The first kappa shape index (κ1) is 70.2. The van der Waals surface area contributed by atoms with Crippen LogP contribution in [0.2, 0.25) is 0 Å². The number of nitrogens with one attached hydrogen (secondary N) is 4. The first-order chi connectivity index (χ1) is 34.7. The summed E-state index contributed by atoms with van der Waals surface area (Å²) in [5, 5.41) is 15.2. The van der Waals surface area contributed by atoms with E-state index in [1.54, 1.807) is 90.0 Å². The van der Waals surface area contributed by atoms with Crippen molar-refractivity contribution in [3.05, 3.63) is 23.9 Å². The number of esters is 3. The van der Waals surface area contributed by atoms with Crippen LogP contribution in [-0.2, 0) is 85.2 Å². The zero-order valence-electron chi connectivity index (χ0n) is 45.9. The Morgan fingerprint density at radius 1 is 0.789 bits per heavy atom. The number of alkyl carbamates (subject to hydrolysis) is 2. The first-order valence-electron chi connectivity index (χ1n) is 23.6. The molecule has 0 aromatic rings. The van der Waals surface area contributed by atoms with Crippen molar-refractivity contribution in [1.29, 1.82) is 0 Å². The molecule has 27 nitrogen and oxygen atoms in total. The topological polar surface area (TPSA) is 354 Å². The van der Waals surface area contributed by atoms with E-state index in [4.69, 9.17) is 49.4 Å². The molecule has 5 N–H and O–H groups in total. The molecule has 4 amide bonds. The highest BCUT2D eigenvalue weighted by molar-refractivity contribution is 7.55. The van der Waals surface area contributed by atoms with Crippen LogP contribution >= 0.6 is 19.2 Å². The third kappa shape index (κ3) is 27.3. The lowest BCUT2D eigenvalue weighted by Crippen LogP contribution is -2.45. The molecule has 0 aromatic carbocycles. The summed E-state index contributed by atoms with van der Waals surface area (Å²) in [6, 6.07) is -1.53. The number of hydrazine groups is 2. The number of carboxylic acids is 1. The van der Waals surface area contributed by atoms with Gasteiger partial charge in [0.1, 0.15) is 46.8 Å². The van der Waals surface area contributed by atoms with Gasteiger partial charge in [0.2, 0.25) is 0 Å². The van der Waals surface area contributed by atoms with Crippen LogP contribution in [-0.4, -0.2) is 174 Å². The van der Waals surface area contributed by atoms with Crippen LogP contribution in [0.25, 0.3) is 0 Å². The predicted molar refractivity (Wildman–Crippen MR) is 270 cm³/mol. The van der Waals surface area contributed by atoms with Crippen molar-refractivity contribution in [3.63, 3.8) is 0 Å². The second-order valence-corrected chi connectivity index (χ2v) is 23.0. The van der Waals surface area contributed by atoms with Gasteiger partial charge >= 0.3 is 48.9 Å². The molecule has 3 aliphatic heterocycles. The Bertz CT molecular complexity index is 2190. The number of ether oxygens (including phenoxy) is 6. The van der Waals surface area contributed by atoms with E-state index in [1.165, 1.54) is 25.3 Å². The van der Waals surface area contributed by atoms with Gasteiger partial charge in [0.25, 0.3) is 11.8 Å². The summed E-state index contributed by atoms with van der Waals surface area (Å²) in [5.41, 5.74) is 0.868. The summed E-state index contributed by atoms with van der Waals surface area (Å²) < 4.78 is 52.1. The molecule has 2 fully saturated rings. The van der Waals surface area contributed by atoms with Crippen LogP contribution < -0.4 is 21.5 Å². The number of hydrogen-bond acceptors (Lipinski definition) is 22. The average Bonchev–Trinajstić information content (AvgIpc) is 3.95. The van der Waals surface area contributed by atoms with Crippen molar-refractivity contribution in [1.82, 2.24) is 31.5 Å². The molecule has 1 unspecified atom stereocenters. The second-order valence-electron chi connectivity index (χ2n) is 20.2. The molecular weight excluding hydrogens is 1050 g/mol. The monoisotopic (exact) mass is 1130 g/mol. The Balaban J connectivity index is 0.00000108. The predicted octanol–water partition coefficient (Wildman–Crippen LogP) is 3.55. The van der Waals surface area contributed by atoms with Crippen LogP contribution in [0.4, 0.5) is 9.59 Å². The van der Waals surface area contributed by atoms with Gasteiger partial charge < -0.3 is 53.2 Å². The molecule has 0 bridgehead atoms. The Kier molecular flexibility index (Phi) is 29.0. The summed E-state index contributed by atoms with van der Waals surface area (Å²) in [4.78, 5) is 128. The lowest BCUT2D eigenvalue weighted by molar-refractivity contribution is -0.159. The maximum absolute atomic E-state index is 13.0. The molecule has 0 saturated carbocycles. The molecule has 3 rings (SSSR count). The molecule has 3 atom stereocenters. The summed E-state index contributed by atoms with van der Waals surface area (Å²) >= 11 is 4.82. The van der Waals surface area contributed by atoms with Crippen LogP contribution in [0.1, 0.15) is 116 Å². The number of fused-ring (bicyclic) bond motifs is 1. The molecule has 29 heteroatoms. The normalized spacial score (nSPS) is 16.8. The molecule has 3 heterocycles. The van der Waals surface area contributed by atoms with E-state index in [1.807, 2.05) is 0 Å². The maximum Gasteiger partial charge on any atom is 0.408 e. The minimum absolute atomic E-state index is 0.0135. The number of carbonyl (C=O) groups is 11. The fourth-order valence-electron chi connectivity index (χ4n) is 5.95. The van der Waals surface area contributed by atoms with E-state index in [2.05, 4.69) is 32.8 Å².